The van der Waals surface area contributed by atoms with Crippen molar-refractivity contribution < 1.29 is 13.2 Å². The average Bonchev–Trinajstić information content (AvgIpc) is 2.93. The van der Waals surface area contributed by atoms with Crippen LogP contribution in [-0.4, -0.2) is 21.4 Å². The smallest absolute Gasteiger partial charge is 0.265 e. The van der Waals surface area contributed by atoms with Crippen molar-refractivity contribution in [2.45, 2.75) is 4.90 Å². The Morgan fingerprint density at radius 1 is 1.16 bits per heavy atom. The Hall–Kier alpha value is -1.70. The van der Waals surface area contributed by atoms with Crippen LogP contribution in [0.2, 0.25) is 0 Å². The van der Waals surface area contributed by atoms with Gasteiger partial charge >= 0.3 is 0 Å². The topological polar surface area (TPSA) is 75.3 Å². The zero-order valence-corrected chi connectivity index (χ0v) is 11.7. The summed E-state index contributed by atoms with van der Waals surface area (Å²) in [5, 5.41) is 4.51. The van der Waals surface area contributed by atoms with E-state index in [1.807, 2.05) is 5.38 Å². The molecular formula is C12H12N2O3S2. The van der Waals surface area contributed by atoms with Gasteiger partial charge in [-0.3, -0.25) is 4.79 Å². The maximum absolute atomic E-state index is 11.8. The second-order valence-corrected chi connectivity index (χ2v) is 6.50. The van der Waals surface area contributed by atoms with Crippen molar-refractivity contribution in [3.8, 4) is 0 Å². The summed E-state index contributed by atoms with van der Waals surface area (Å²) in [6.07, 6.45) is 0. The van der Waals surface area contributed by atoms with Crippen molar-refractivity contribution in [2.24, 2.45) is 0 Å². The first kappa shape index (κ1) is 13.7. The Morgan fingerprint density at radius 3 is 2.37 bits per heavy atom. The van der Waals surface area contributed by atoms with Gasteiger partial charge < -0.3 is 5.32 Å². The minimum atomic E-state index is -3.45. The molecule has 0 radical (unpaired) electrons. The molecule has 2 N–H and O–H groups in total. The molecule has 0 atom stereocenters. The number of amides is 1. The largest absolute Gasteiger partial charge is 0.321 e. The molecule has 0 aliphatic rings. The monoisotopic (exact) mass is 296 g/mol. The lowest BCUT2D eigenvalue weighted by atomic mass is 10.3. The highest BCUT2D eigenvalue weighted by atomic mass is 32.2. The molecule has 1 amide bonds. The SMILES string of the molecule is CNS(=O)(=O)c1ccc(NC(=O)c2cccs2)cc1. The van der Waals surface area contributed by atoms with E-state index in [9.17, 15) is 13.2 Å². The lowest BCUT2D eigenvalue weighted by molar-refractivity contribution is 0.103. The fraction of sp³-hybridized carbons (Fsp3) is 0.0833. The van der Waals surface area contributed by atoms with E-state index < -0.39 is 10.0 Å². The van der Waals surface area contributed by atoms with Crippen LogP contribution in [0, 0.1) is 0 Å². The van der Waals surface area contributed by atoms with Gasteiger partial charge in [0.15, 0.2) is 0 Å². The zero-order chi connectivity index (χ0) is 13.9. The van der Waals surface area contributed by atoms with E-state index in [0.29, 0.717) is 10.6 Å². The van der Waals surface area contributed by atoms with Crippen molar-refractivity contribution in [3.63, 3.8) is 0 Å². The third-order valence-electron chi connectivity index (χ3n) is 2.44. The van der Waals surface area contributed by atoms with E-state index in [2.05, 4.69) is 10.0 Å². The Balaban J connectivity index is 2.14. The fourth-order valence-corrected chi connectivity index (χ4v) is 2.78. The maximum atomic E-state index is 11.8. The number of carbonyl (C=O) groups is 1. The van der Waals surface area contributed by atoms with Crippen LogP contribution in [0.1, 0.15) is 9.67 Å². The number of hydrogen-bond donors (Lipinski definition) is 2. The Bertz CT molecular complexity index is 662. The molecule has 0 aliphatic heterocycles. The van der Waals surface area contributed by atoms with E-state index in [-0.39, 0.29) is 10.8 Å². The molecule has 0 saturated carbocycles. The molecule has 2 rings (SSSR count). The molecule has 19 heavy (non-hydrogen) atoms. The first-order valence-corrected chi connectivity index (χ1v) is 7.78. The summed E-state index contributed by atoms with van der Waals surface area (Å²) in [6, 6.07) is 9.50. The van der Waals surface area contributed by atoms with Crippen LogP contribution in [-0.2, 0) is 10.0 Å². The van der Waals surface area contributed by atoms with Gasteiger partial charge in [0.2, 0.25) is 10.0 Å². The van der Waals surface area contributed by atoms with Gasteiger partial charge in [-0.25, -0.2) is 13.1 Å². The standard InChI is InChI=1S/C12H12N2O3S2/c1-13-19(16,17)10-6-4-9(5-7-10)14-12(15)11-3-2-8-18-11/h2-8,13H,1H3,(H,14,15). The fourth-order valence-electron chi connectivity index (χ4n) is 1.44. The normalized spacial score (nSPS) is 11.2. The minimum absolute atomic E-state index is 0.157. The summed E-state index contributed by atoms with van der Waals surface area (Å²) >= 11 is 1.34. The van der Waals surface area contributed by atoms with Crippen LogP contribution >= 0.6 is 11.3 Å². The molecule has 0 fully saturated rings. The summed E-state index contributed by atoms with van der Waals surface area (Å²) in [7, 11) is -2.10. The van der Waals surface area contributed by atoms with Gasteiger partial charge in [-0.15, -0.1) is 11.3 Å². The molecule has 7 heteroatoms. The van der Waals surface area contributed by atoms with Gasteiger partial charge in [0.05, 0.1) is 9.77 Å². The third-order valence-corrected chi connectivity index (χ3v) is 4.74. The van der Waals surface area contributed by atoms with Gasteiger partial charge in [-0.2, -0.15) is 0 Å². The predicted molar refractivity (Wildman–Crippen MR) is 75.0 cm³/mol. The highest BCUT2D eigenvalue weighted by molar-refractivity contribution is 7.89. The predicted octanol–water partition coefficient (Wildman–Crippen LogP) is 1.91. The van der Waals surface area contributed by atoms with Crippen molar-refractivity contribution >= 4 is 33.0 Å². The Morgan fingerprint density at radius 2 is 1.84 bits per heavy atom. The van der Waals surface area contributed by atoms with Crippen molar-refractivity contribution in [2.75, 3.05) is 12.4 Å². The second kappa shape index (κ2) is 5.52. The molecule has 0 unspecified atom stereocenters. The molecule has 100 valence electrons. The number of hydrogen-bond acceptors (Lipinski definition) is 4. The van der Waals surface area contributed by atoms with Crippen LogP contribution in [0.3, 0.4) is 0 Å². The van der Waals surface area contributed by atoms with Gasteiger partial charge in [0.25, 0.3) is 5.91 Å². The lowest BCUT2D eigenvalue weighted by Crippen LogP contribution is -2.18. The first-order valence-electron chi connectivity index (χ1n) is 5.41. The highest BCUT2D eigenvalue weighted by Crippen LogP contribution is 2.16. The number of nitrogens with one attached hydrogen (secondary N) is 2. The van der Waals surface area contributed by atoms with E-state index in [0.717, 1.165) is 0 Å². The molecule has 1 heterocycles. The number of anilines is 1. The molecule has 5 nitrogen and oxygen atoms in total. The molecule has 1 aromatic carbocycles. The Kier molecular flexibility index (Phi) is 3.98. The van der Waals surface area contributed by atoms with Gasteiger partial charge in [0.1, 0.15) is 0 Å². The molecule has 0 spiro atoms. The lowest BCUT2D eigenvalue weighted by Gasteiger charge is -2.05. The molecule has 2 aromatic rings. The van der Waals surface area contributed by atoms with Gasteiger partial charge in [0, 0.05) is 5.69 Å². The van der Waals surface area contributed by atoms with Crippen LogP contribution in [0.15, 0.2) is 46.7 Å². The van der Waals surface area contributed by atoms with Crippen molar-refractivity contribution in [1.29, 1.82) is 0 Å². The molecule has 0 bridgehead atoms. The molecular weight excluding hydrogens is 284 g/mol. The highest BCUT2D eigenvalue weighted by Gasteiger charge is 2.11. The van der Waals surface area contributed by atoms with Crippen molar-refractivity contribution in [3.05, 3.63) is 46.7 Å². The van der Waals surface area contributed by atoms with E-state index in [1.54, 1.807) is 24.3 Å². The summed E-state index contributed by atoms with van der Waals surface area (Å²) in [6.45, 7) is 0. The summed E-state index contributed by atoms with van der Waals surface area (Å²) in [4.78, 5) is 12.5. The zero-order valence-electron chi connectivity index (χ0n) is 10.1. The minimum Gasteiger partial charge on any atom is -0.321 e. The average molecular weight is 296 g/mol. The van der Waals surface area contributed by atoms with E-state index in [1.165, 1.54) is 30.5 Å². The van der Waals surface area contributed by atoms with Crippen LogP contribution in [0.25, 0.3) is 0 Å². The quantitative estimate of drug-likeness (QED) is 0.905. The van der Waals surface area contributed by atoms with E-state index >= 15 is 0 Å². The molecule has 1 aromatic heterocycles. The maximum Gasteiger partial charge on any atom is 0.265 e. The van der Waals surface area contributed by atoms with Crippen molar-refractivity contribution in [1.82, 2.24) is 4.72 Å². The van der Waals surface area contributed by atoms with Crippen LogP contribution in [0.5, 0.6) is 0 Å². The number of carbonyl (C=O) groups excluding carboxylic acids is 1. The van der Waals surface area contributed by atoms with E-state index in [4.69, 9.17) is 0 Å². The summed E-state index contributed by atoms with van der Waals surface area (Å²) < 4.78 is 25.3. The Labute approximate surface area is 115 Å². The number of thiophene rings is 1. The number of rotatable bonds is 4. The van der Waals surface area contributed by atoms with Crippen LogP contribution < -0.4 is 10.0 Å². The van der Waals surface area contributed by atoms with Crippen LogP contribution in [0.4, 0.5) is 5.69 Å². The second-order valence-electron chi connectivity index (χ2n) is 3.66. The number of benzene rings is 1. The summed E-state index contributed by atoms with van der Waals surface area (Å²) in [5.74, 6) is -0.209. The summed E-state index contributed by atoms with van der Waals surface area (Å²) in [5.41, 5.74) is 0.549. The first-order chi connectivity index (χ1) is 9.03. The van der Waals surface area contributed by atoms with Gasteiger partial charge in [-0.05, 0) is 42.8 Å². The molecule has 0 aliphatic carbocycles. The third kappa shape index (κ3) is 3.19. The molecule has 0 saturated heterocycles. The number of sulfonamides is 1. The van der Waals surface area contributed by atoms with Gasteiger partial charge in [-0.1, -0.05) is 6.07 Å².